The number of nitriles is 1. The number of aromatic amines is 1. The maximum Gasteiger partial charge on any atom is 0.269 e. The van der Waals surface area contributed by atoms with Crippen molar-refractivity contribution in [2.45, 2.75) is 26.3 Å². The van der Waals surface area contributed by atoms with Gasteiger partial charge in [-0.05, 0) is 32.4 Å². The molecule has 0 unspecified atom stereocenters. The van der Waals surface area contributed by atoms with E-state index in [1.54, 1.807) is 6.92 Å². The third-order valence-corrected chi connectivity index (χ3v) is 4.02. The lowest BCUT2D eigenvalue weighted by Crippen LogP contribution is -2.48. The number of nitrogens with zero attached hydrogens (tertiary/aromatic N) is 1. The Bertz CT molecular complexity index is 531. The lowest BCUT2D eigenvalue weighted by molar-refractivity contribution is 0.0909. The number of H-pyrrole nitrogens is 1. The predicted octanol–water partition coefficient (Wildman–Crippen LogP) is 1.58. The molecule has 0 spiro atoms. The van der Waals surface area contributed by atoms with Crippen molar-refractivity contribution < 1.29 is 4.79 Å². The van der Waals surface area contributed by atoms with Gasteiger partial charge < -0.3 is 15.6 Å². The number of aromatic nitrogens is 1. The molecule has 0 saturated carbocycles. The highest BCUT2D eigenvalue weighted by molar-refractivity contribution is 6.33. The SMILES string of the molecule is Cc1[nH]c(C(=O)N[C@@H]2CCNC[C@H]2C)c(C#N)c1Cl. The first-order valence-electron chi connectivity index (χ1n) is 6.34. The summed E-state index contributed by atoms with van der Waals surface area (Å²) >= 11 is 5.99. The summed E-state index contributed by atoms with van der Waals surface area (Å²) < 4.78 is 0. The van der Waals surface area contributed by atoms with Crippen LogP contribution in [0, 0.1) is 24.2 Å². The Morgan fingerprint density at radius 3 is 2.95 bits per heavy atom. The van der Waals surface area contributed by atoms with Crippen LogP contribution in [0.2, 0.25) is 5.02 Å². The number of rotatable bonds is 2. The predicted molar refractivity (Wildman–Crippen MR) is 73.2 cm³/mol. The van der Waals surface area contributed by atoms with Crippen LogP contribution in [-0.2, 0) is 0 Å². The number of piperidine rings is 1. The molecule has 2 rings (SSSR count). The number of aryl methyl sites for hydroxylation is 1. The van der Waals surface area contributed by atoms with Crippen molar-refractivity contribution in [1.82, 2.24) is 15.6 Å². The second kappa shape index (κ2) is 5.64. The van der Waals surface area contributed by atoms with E-state index in [1.165, 1.54) is 0 Å². The first-order valence-corrected chi connectivity index (χ1v) is 6.72. The van der Waals surface area contributed by atoms with Gasteiger partial charge in [-0.25, -0.2) is 0 Å². The van der Waals surface area contributed by atoms with Crippen molar-refractivity contribution in [3.05, 3.63) is 22.0 Å². The molecule has 2 heterocycles. The zero-order valence-corrected chi connectivity index (χ0v) is 11.8. The monoisotopic (exact) mass is 280 g/mol. The maximum absolute atomic E-state index is 12.2. The van der Waals surface area contributed by atoms with Crippen LogP contribution in [0.5, 0.6) is 0 Å². The molecule has 6 heteroatoms. The Hall–Kier alpha value is -1.51. The average Bonchev–Trinajstić information content (AvgIpc) is 2.68. The summed E-state index contributed by atoms with van der Waals surface area (Å²) in [5, 5.41) is 15.7. The Morgan fingerprint density at radius 1 is 1.58 bits per heavy atom. The summed E-state index contributed by atoms with van der Waals surface area (Å²) in [7, 11) is 0. The van der Waals surface area contributed by atoms with E-state index in [0.29, 0.717) is 16.6 Å². The van der Waals surface area contributed by atoms with E-state index in [0.717, 1.165) is 19.5 Å². The fourth-order valence-electron chi connectivity index (χ4n) is 2.35. The van der Waals surface area contributed by atoms with Crippen LogP contribution in [-0.4, -0.2) is 30.0 Å². The number of amides is 1. The lowest BCUT2D eigenvalue weighted by Gasteiger charge is -2.30. The van der Waals surface area contributed by atoms with Crippen LogP contribution in [0.1, 0.15) is 35.1 Å². The highest BCUT2D eigenvalue weighted by Crippen LogP contribution is 2.23. The smallest absolute Gasteiger partial charge is 0.269 e. The zero-order valence-electron chi connectivity index (χ0n) is 11.0. The highest BCUT2D eigenvalue weighted by Gasteiger charge is 2.26. The van der Waals surface area contributed by atoms with Gasteiger partial charge in [-0.1, -0.05) is 18.5 Å². The van der Waals surface area contributed by atoms with Gasteiger partial charge in [0.05, 0.1) is 5.02 Å². The van der Waals surface area contributed by atoms with E-state index < -0.39 is 0 Å². The van der Waals surface area contributed by atoms with Crippen molar-refractivity contribution >= 4 is 17.5 Å². The molecular formula is C13H17ClN4O. The van der Waals surface area contributed by atoms with Crippen molar-refractivity contribution in [1.29, 1.82) is 5.26 Å². The molecule has 0 bridgehead atoms. The number of nitrogens with one attached hydrogen (secondary N) is 3. The molecule has 3 N–H and O–H groups in total. The molecule has 19 heavy (non-hydrogen) atoms. The van der Waals surface area contributed by atoms with Gasteiger partial charge in [0, 0.05) is 11.7 Å². The van der Waals surface area contributed by atoms with Gasteiger partial charge >= 0.3 is 0 Å². The molecule has 0 aromatic carbocycles. The Morgan fingerprint density at radius 2 is 2.32 bits per heavy atom. The number of halogens is 1. The van der Waals surface area contributed by atoms with E-state index in [9.17, 15) is 4.79 Å². The zero-order chi connectivity index (χ0) is 14.0. The first kappa shape index (κ1) is 13.9. The Kier molecular flexibility index (Phi) is 4.13. The molecule has 1 aromatic rings. The van der Waals surface area contributed by atoms with Gasteiger partial charge in [0.15, 0.2) is 0 Å². The van der Waals surface area contributed by atoms with Gasteiger partial charge in [0.25, 0.3) is 5.91 Å². The van der Waals surface area contributed by atoms with Crippen LogP contribution in [0.4, 0.5) is 0 Å². The van der Waals surface area contributed by atoms with Crippen molar-refractivity contribution in [2.75, 3.05) is 13.1 Å². The fourth-order valence-corrected chi connectivity index (χ4v) is 2.53. The quantitative estimate of drug-likeness (QED) is 0.769. The Labute approximate surface area is 117 Å². The molecule has 5 nitrogen and oxygen atoms in total. The van der Waals surface area contributed by atoms with Crippen molar-refractivity contribution in [3.63, 3.8) is 0 Å². The summed E-state index contributed by atoms with van der Waals surface area (Å²) in [4.78, 5) is 15.1. The van der Waals surface area contributed by atoms with Gasteiger partial charge in [0.2, 0.25) is 0 Å². The van der Waals surface area contributed by atoms with Crippen LogP contribution in [0.25, 0.3) is 0 Å². The summed E-state index contributed by atoms with van der Waals surface area (Å²) in [6, 6.07) is 2.11. The van der Waals surface area contributed by atoms with Crippen LogP contribution >= 0.6 is 11.6 Å². The minimum atomic E-state index is -0.259. The molecule has 1 saturated heterocycles. The molecule has 102 valence electrons. The van der Waals surface area contributed by atoms with Crippen LogP contribution < -0.4 is 10.6 Å². The molecule has 0 aliphatic carbocycles. The van der Waals surface area contributed by atoms with Crippen LogP contribution in [0.15, 0.2) is 0 Å². The van der Waals surface area contributed by atoms with Gasteiger partial charge in [-0.15, -0.1) is 0 Å². The van der Waals surface area contributed by atoms with Gasteiger partial charge in [-0.3, -0.25) is 4.79 Å². The molecular weight excluding hydrogens is 264 g/mol. The molecule has 2 atom stereocenters. The normalized spacial score (nSPS) is 22.8. The molecule has 1 fully saturated rings. The van der Waals surface area contributed by atoms with Gasteiger partial charge in [0.1, 0.15) is 17.3 Å². The van der Waals surface area contributed by atoms with E-state index in [4.69, 9.17) is 16.9 Å². The number of carbonyl (C=O) groups is 1. The maximum atomic E-state index is 12.2. The largest absolute Gasteiger partial charge is 0.352 e. The summed E-state index contributed by atoms with van der Waals surface area (Å²) in [6.07, 6.45) is 0.891. The van der Waals surface area contributed by atoms with Gasteiger partial charge in [-0.2, -0.15) is 5.26 Å². The molecule has 1 amide bonds. The van der Waals surface area contributed by atoms with E-state index >= 15 is 0 Å². The van der Waals surface area contributed by atoms with E-state index in [-0.39, 0.29) is 23.2 Å². The third kappa shape index (κ3) is 2.75. The topological polar surface area (TPSA) is 80.7 Å². The molecule has 0 radical (unpaired) electrons. The average molecular weight is 281 g/mol. The fraction of sp³-hybridized carbons (Fsp3) is 0.538. The summed E-state index contributed by atoms with van der Waals surface area (Å²) in [5.74, 6) is 0.111. The van der Waals surface area contributed by atoms with Crippen LogP contribution in [0.3, 0.4) is 0 Å². The number of hydrogen-bond acceptors (Lipinski definition) is 3. The lowest BCUT2D eigenvalue weighted by atomic mass is 9.95. The first-order chi connectivity index (χ1) is 9.04. The third-order valence-electron chi connectivity index (χ3n) is 3.55. The van der Waals surface area contributed by atoms with Crippen molar-refractivity contribution in [3.8, 4) is 6.07 Å². The summed E-state index contributed by atoms with van der Waals surface area (Å²) in [5.41, 5.74) is 1.12. The molecule has 1 aliphatic heterocycles. The Balaban J connectivity index is 2.16. The standard InChI is InChI=1S/C13H17ClN4O/c1-7-6-16-4-3-10(7)18-13(19)12-9(5-15)11(14)8(2)17-12/h7,10,16-17H,3-4,6H2,1-2H3,(H,18,19)/t7-,10-/m1/s1. The molecule has 1 aromatic heterocycles. The van der Waals surface area contributed by atoms with E-state index in [2.05, 4.69) is 22.5 Å². The highest BCUT2D eigenvalue weighted by atomic mass is 35.5. The van der Waals surface area contributed by atoms with E-state index in [1.807, 2.05) is 6.07 Å². The van der Waals surface area contributed by atoms with Crippen molar-refractivity contribution in [2.24, 2.45) is 5.92 Å². The minimum Gasteiger partial charge on any atom is -0.352 e. The number of hydrogen-bond donors (Lipinski definition) is 3. The minimum absolute atomic E-state index is 0.127. The molecule has 1 aliphatic rings. The summed E-state index contributed by atoms with van der Waals surface area (Å²) in [6.45, 7) is 5.62. The second-order valence-electron chi connectivity index (χ2n) is 4.98. The second-order valence-corrected chi connectivity index (χ2v) is 5.35. The number of carbonyl (C=O) groups excluding carboxylic acids is 1.